The first-order valence-corrected chi connectivity index (χ1v) is 0. The van der Waals surface area contributed by atoms with Gasteiger partial charge in [0.1, 0.15) is 0 Å². The Hall–Kier alpha value is 2.48. The molecule has 2 N–H and O–H groups in total. The molecule has 0 fully saturated rings. The number of hydrogen-bond acceptors (Lipinski definition) is 0. The monoisotopic (exact) mass is 227 g/mol. The summed E-state index contributed by atoms with van der Waals surface area (Å²) < 4.78 is 0. The van der Waals surface area contributed by atoms with Crippen molar-refractivity contribution in [3.8, 4) is 0 Å². The average molecular weight is 228 g/mol. The van der Waals surface area contributed by atoms with Gasteiger partial charge in [-0.15, -0.1) is 0 Å². The first-order chi connectivity index (χ1) is 0. The Balaban J connectivity index is 0. The second kappa shape index (κ2) is 17.9. The van der Waals surface area contributed by atoms with Crippen molar-refractivity contribution < 1.29 is 64.4 Å². The smallest absolute Gasteiger partial charge is 0.187 e. The van der Waals surface area contributed by atoms with Crippen molar-refractivity contribution in [1.82, 2.24) is 0 Å². The van der Waals surface area contributed by atoms with E-state index in [1.165, 1.54) is 0 Å². The van der Waals surface area contributed by atoms with Gasteiger partial charge in [-0.3, -0.25) is 0 Å². The Bertz CT molecular complexity index is 8.00. The van der Waals surface area contributed by atoms with Crippen molar-refractivity contribution in [1.29, 1.82) is 0 Å². The molecule has 1 radical (unpaired) electrons. The maximum Gasteiger partial charge on any atom is 0.187 e. The zero-order valence-corrected chi connectivity index (χ0v) is 6.87. The summed E-state index contributed by atoms with van der Waals surface area (Å²) in [7, 11) is 0. The van der Waals surface area contributed by atoms with Crippen molar-refractivity contribution in [2.75, 3.05) is 0 Å². The molecule has 0 saturated heterocycles. The predicted octanol–water partition coefficient (Wildman–Crippen LogP) is -2.01. The molecule has 0 saturated carbocycles. The molecule has 21 valence electrons. The number of hydrogen-bond donors (Lipinski definition) is 0. The Morgan fingerprint density at radius 3 is 1.00 bits per heavy atom. The van der Waals surface area contributed by atoms with E-state index in [1.54, 1.807) is 0 Å². The van der Waals surface area contributed by atoms with Gasteiger partial charge < -0.3 is 5.48 Å². The van der Waals surface area contributed by atoms with Crippen LogP contribution in [0.1, 0.15) is 0 Å². The van der Waals surface area contributed by atoms with E-state index in [-0.39, 0.29) is 81.7 Å². The summed E-state index contributed by atoms with van der Waals surface area (Å²) >= 11 is 0. The van der Waals surface area contributed by atoms with E-state index in [9.17, 15) is 0 Å². The van der Waals surface area contributed by atoms with Crippen LogP contribution in [0.5, 0.6) is 0 Å². The van der Waals surface area contributed by atoms with E-state index in [4.69, 9.17) is 0 Å². The Labute approximate surface area is 80.4 Å². The van der Waals surface area contributed by atoms with Gasteiger partial charge in [0.25, 0.3) is 0 Å². The molecule has 0 amide bonds. The van der Waals surface area contributed by atoms with E-state index in [1.807, 2.05) is 0 Å². The van der Waals surface area contributed by atoms with Gasteiger partial charge in [0.05, 0.1) is 0 Å². The first-order valence-electron chi connectivity index (χ1n) is 0. The molecule has 4 heteroatoms. The van der Waals surface area contributed by atoms with Crippen LogP contribution in [0, 0.1) is 0 Å². The Morgan fingerprint density at radius 2 is 1.00 bits per heavy atom. The summed E-state index contributed by atoms with van der Waals surface area (Å²) in [4.78, 5) is 0. The fraction of sp³-hybridized carbons (Fsp3) is 0. The third-order valence-electron chi connectivity index (χ3n) is 0. The topological polar surface area (TPSA) is 31.5 Å². The van der Waals surface area contributed by atoms with Gasteiger partial charge in [0, 0.05) is 58.9 Å². The molecule has 0 atom stereocenters. The molecule has 0 aromatic rings. The van der Waals surface area contributed by atoms with Crippen LogP contribution in [-0.4, -0.2) is 22.8 Å². The van der Waals surface area contributed by atoms with Crippen molar-refractivity contribution in [3.63, 3.8) is 0 Å². The quantitative estimate of drug-likeness (QED) is 0.429. The zero-order chi connectivity index (χ0) is 0. The summed E-state index contributed by atoms with van der Waals surface area (Å²) in [5.74, 6) is 0. The van der Waals surface area contributed by atoms with Crippen LogP contribution < -0.4 is 0 Å². The SMILES string of the molecule is O.[AlH3].[Y].[Zr]. The van der Waals surface area contributed by atoms with Crippen LogP contribution in [0.3, 0.4) is 0 Å². The van der Waals surface area contributed by atoms with Gasteiger partial charge >= 0.3 is 0 Å². The minimum absolute atomic E-state index is 0. The molecule has 0 bridgehead atoms. The second-order valence-corrected chi connectivity index (χ2v) is 0. The summed E-state index contributed by atoms with van der Waals surface area (Å²) in [6, 6.07) is 0. The van der Waals surface area contributed by atoms with Crippen LogP contribution in [0.2, 0.25) is 0 Å². The maximum absolute atomic E-state index is 0. The molecular weight excluding hydrogens is 223 g/mol. The summed E-state index contributed by atoms with van der Waals surface area (Å²) in [5.41, 5.74) is 0. The van der Waals surface area contributed by atoms with Crippen molar-refractivity contribution in [2.24, 2.45) is 0 Å². The van der Waals surface area contributed by atoms with E-state index >= 15 is 0 Å². The number of rotatable bonds is 0. The molecule has 0 heterocycles. The van der Waals surface area contributed by atoms with Crippen LogP contribution >= 0.6 is 0 Å². The normalized spacial score (nSPS) is 0. The fourth-order valence-corrected chi connectivity index (χ4v) is 0. The molecule has 0 rings (SSSR count). The van der Waals surface area contributed by atoms with Crippen LogP contribution in [0.25, 0.3) is 0 Å². The van der Waals surface area contributed by atoms with Gasteiger partial charge in [0.15, 0.2) is 17.4 Å². The molecule has 0 aromatic heterocycles. The first kappa shape index (κ1) is 31.6. The Kier molecular flexibility index (Phi) is 141. The standard InChI is InChI=1S/Al.H2O.Y.Zr.3H/h;1H2;;;;;. The van der Waals surface area contributed by atoms with E-state index in [2.05, 4.69) is 0 Å². The van der Waals surface area contributed by atoms with Gasteiger partial charge in [-0.1, -0.05) is 0 Å². The van der Waals surface area contributed by atoms with Crippen LogP contribution in [0.15, 0.2) is 0 Å². The zero-order valence-electron chi connectivity index (χ0n) is 1.58. The van der Waals surface area contributed by atoms with E-state index in [0.717, 1.165) is 0 Å². The Morgan fingerprint density at radius 1 is 1.00 bits per heavy atom. The molecule has 0 aliphatic rings. The van der Waals surface area contributed by atoms with Crippen LogP contribution in [0.4, 0.5) is 0 Å². The molecule has 0 spiro atoms. The summed E-state index contributed by atoms with van der Waals surface area (Å²) in [6.07, 6.45) is 0. The third-order valence-corrected chi connectivity index (χ3v) is 0. The maximum atomic E-state index is 0. The molecule has 1 nitrogen and oxygen atoms in total. The largest absolute Gasteiger partial charge is 0.412 e. The minimum Gasteiger partial charge on any atom is -0.412 e. The predicted molar refractivity (Wildman–Crippen MR) is 13.6 cm³/mol. The van der Waals surface area contributed by atoms with Gasteiger partial charge in [0.2, 0.25) is 0 Å². The summed E-state index contributed by atoms with van der Waals surface area (Å²) in [5, 5.41) is 0. The van der Waals surface area contributed by atoms with Crippen molar-refractivity contribution in [2.45, 2.75) is 0 Å². The van der Waals surface area contributed by atoms with Crippen LogP contribution in [-0.2, 0) is 58.9 Å². The van der Waals surface area contributed by atoms with E-state index < -0.39 is 0 Å². The molecule has 4 heavy (non-hydrogen) atoms. The van der Waals surface area contributed by atoms with E-state index in [0.29, 0.717) is 0 Å². The average Bonchev–Trinajstić information content (AvgIpc) is 0. The molecule has 0 aromatic carbocycles. The third kappa shape index (κ3) is 8.82. The van der Waals surface area contributed by atoms with Gasteiger partial charge in [-0.2, -0.15) is 0 Å². The molecule has 0 aliphatic heterocycles. The minimum atomic E-state index is 0. The molecule has 0 unspecified atom stereocenters. The fourth-order valence-electron chi connectivity index (χ4n) is 0. The van der Waals surface area contributed by atoms with Gasteiger partial charge in [-0.25, -0.2) is 0 Å². The summed E-state index contributed by atoms with van der Waals surface area (Å²) in [6.45, 7) is 0. The van der Waals surface area contributed by atoms with Gasteiger partial charge in [-0.05, 0) is 0 Å². The van der Waals surface area contributed by atoms with Crippen molar-refractivity contribution in [3.05, 3.63) is 0 Å². The molecular formula is H5AlOYZr. The molecule has 0 aliphatic carbocycles. The van der Waals surface area contributed by atoms with Crippen molar-refractivity contribution >= 4 is 17.4 Å². The second-order valence-electron chi connectivity index (χ2n) is 0.